The summed E-state index contributed by atoms with van der Waals surface area (Å²) < 4.78 is 1.06. The van der Waals surface area contributed by atoms with Crippen molar-refractivity contribution in [3.63, 3.8) is 0 Å². The maximum Gasteiger partial charge on any atom is 0.335 e. The lowest BCUT2D eigenvalue weighted by Gasteiger charge is -2.13. The predicted molar refractivity (Wildman–Crippen MR) is 84.3 cm³/mol. The topological polar surface area (TPSA) is 49.3 Å². The Morgan fingerprint density at radius 1 is 1.20 bits per heavy atom. The molecule has 0 aliphatic rings. The Hall–Kier alpha value is -1.81. The second-order valence-electron chi connectivity index (χ2n) is 4.77. The van der Waals surface area contributed by atoms with E-state index in [1.807, 2.05) is 19.9 Å². The number of aromatic carboxylic acids is 1. The van der Waals surface area contributed by atoms with Gasteiger partial charge in [0.25, 0.3) is 0 Å². The highest BCUT2D eigenvalue weighted by Gasteiger charge is 2.06. The minimum atomic E-state index is -0.900. The molecule has 0 aromatic heterocycles. The van der Waals surface area contributed by atoms with Crippen LogP contribution in [0.25, 0.3) is 0 Å². The van der Waals surface area contributed by atoms with Crippen LogP contribution in [0, 0.1) is 13.8 Å². The first kappa shape index (κ1) is 14.6. The first-order chi connectivity index (χ1) is 9.47. The van der Waals surface area contributed by atoms with Gasteiger partial charge in [-0.1, -0.05) is 28.1 Å². The zero-order valence-corrected chi connectivity index (χ0v) is 13.0. The van der Waals surface area contributed by atoms with Gasteiger partial charge in [0, 0.05) is 16.7 Å². The van der Waals surface area contributed by atoms with Crippen molar-refractivity contribution in [2.45, 2.75) is 20.4 Å². The molecule has 2 aromatic rings. The second-order valence-corrected chi connectivity index (χ2v) is 5.69. The largest absolute Gasteiger partial charge is 0.478 e. The van der Waals surface area contributed by atoms with Crippen molar-refractivity contribution < 1.29 is 9.90 Å². The first-order valence-electron chi connectivity index (χ1n) is 6.30. The van der Waals surface area contributed by atoms with Crippen molar-refractivity contribution in [3.8, 4) is 0 Å². The lowest BCUT2D eigenvalue weighted by Crippen LogP contribution is -2.04. The SMILES string of the molecule is Cc1cc(Br)cc(C)c1NCc1cccc(C(=O)O)c1. The van der Waals surface area contributed by atoms with Crippen LogP contribution in [0.5, 0.6) is 0 Å². The van der Waals surface area contributed by atoms with E-state index in [1.54, 1.807) is 18.2 Å². The molecule has 3 nitrogen and oxygen atoms in total. The molecule has 0 spiro atoms. The molecule has 0 amide bonds. The predicted octanol–water partition coefficient (Wildman–Crippen LogP) is 4.38. The zero-order chi connectivity index (χ0) is 14.7. The quantitative estimate of drug-likeness (QED) is 0.873. The molecule has 0 saturated carbocycles. The van der Waals surface area contributed by atoms with Gasteiger partial charge in [-0.3, -0.25) is 0 Å². The normalized spacial score (nSPS) is 10.3. The number of carbonyl (C=O) groups is 1. The van der Waals surface area contributed by atoms with E-state index in [9.17, 15) is 4.79 Å². The molecule has 0 bridgehead atoms. The van der Waals surface area contributed by atoms with Crippen molar-refractivity contribution >= 4 is 27.6 Å². The summed E-state index contributed by atoms with van der Waals surface area (Å²) in [4.78, 5) is 10.9. The van der Waals surface area contributed by atoms with Crippen molar-refractivity contribution in [3.05, 3.63) is 63.1 Å². The van der Waals surface area contributed by atoms with Crippen LogP contribution in [0.4, 0.5) is 5.69 Å². The number of aryl methyl sites for hydroxylation is 2. The highest BCUT2D eigenvalue weighted by Crippen LogP contribution is 2.25. The maximum atomic E-state index is 10.9. The average molecular weight is 334 g/mol. The van der Waals surface area contributed by atoms with Crippen molar-refractivity contribution in [1.29, 1.82) is 0 Å². The Morgan fingerprint density at radius 3 is 2.45 bits per heavy atom. The Morgan fingerprint density at radius 2 is 1.85 bits per heavy atom. The summed E-state index contributed by atoms with van der Waals surface area (Å²) in [5.41, 5.74) is 4.67. The van der Waals surface area contributed by atoms with Crippen molar-refractivity contribution in [2.75, 3.05) is 5.32 Å². The number of hydrogen-bond donors (Lipinski definition) is 2. The molecule has 104 valence electrons. The molecular weight excluding hydrogens is 318 g/mol. The number of rotatable bonds is 4. The van der Waals surface area contributed by atoms with E-state index in [0.717, 1.165) is 26.9 Å². The van der Waals surface area contributed by atoms with E-state index in [4.69, 9.17) is 5.11 Å². The van der Waals surface area contributed by atoms with Crippen LogP contribution in [0.1, 0.15) is 27.0 Å². The number of benzene rings is 2. The average Bonchev–Trinajstić information content (AvgIpc) is 2.37. The summed E-state index contributed by atoms with van der Waals surface area (Å²) in [5, 5.41) is 12.4. The second kappa shape index (κ2) is 6.09. The zero-order valence-electron chi connectivity index (χ0n) is 11.4. The smallest absolute Gasteiger partial charge is 0.335 e. The fourth-order valence-corrected chi connectivity index (χ4v) is 2.88. The lowest BCUT2D eigenvalue weighted by molar-refractivity contribution is 0.0697. The van der Waals surface area contributed by atoms with E-state index < -0.39 is 5.97 Å². The number of halogens is 1. The Kier molecular flexibility index (Phi) is 4.45. The van der Waals surface area contributed by atoms with Crippen LogP contribution in [-0.4, -0.2) is 11.1 Å². The van der Waals surface area contributed by atoms with E-state index in [1.165, 1.54) is 0 Å². The standard InChI is InChI=1S/C16H16BrNO2/c1-10-6-14(17)7-11(2)15(10)18-9-12-4-3-5-13(8-12)16(19)20/h3-8,18H,9H2,1-2H3,(H,19,20). The van der Waals surface area contributed by atoms with Gasteiger partial charge >= 0.3 is 5.97 Å². The van der Waals surface area contributed by atoms with Gasteiger partial charge in [-0.05, 0) is 54.8 Å². The molecule has 0 unspecified atom stereocenters. The minimum Gasteiger partial charge on any atom is -0.478 e. The number of hydrogen-bond acceptors (Lipinski definition) is 2. The summed E-state index contributed by atoms with van der Waals surface area (Å²) in [6.07, 6.45) is 0. The van der Waals surface area contributed by atoms with Crippen LogP contribution < -0.4 is 5.32 Å². The molecule has 0 aliphatic carbocycles. The Balaban J connectivity index is 2.17. The molecule has 0 fully saturated rings. The van der Waals surface area contributed by atoms with Crippen LogP contribution >= 0.6 is 15.9 Å². The number of nitrogens with one attached hydrogen (secondary N) is 1. The molecule has 2 N–H and O–H groups in total. The highest BCUT2D eigenvalue weighted by atomic mass is 79.9. The van der Waals surface area contributed by atoms with Crippen LogP contribution in [0.2, 0.25) is 0 Å². The van der Waals surface area contributed by atoms with Gasteiger partial charge in [-0.15, -0.1) is 0 Å². The van der Waals surface area contributed by atoms with Gasteiger partial charge in [0.2, 0.25) is 0 Å². The van der Waals surface area contributed by atoms with Crippen molar-refractivity contribution in [1.82, 2.24) is 0 Å². The third-order valence-corrected chi connectivity index (χ3v) is 3.60. The molecule has 0 aliphatic heterocycles. The van der Waals surface area contributed by atoms with Crippen molar-refractivity contribution in [2.24, 2.45) is 0 Å². The first-order valence-corrected chi connectivity index (χ1v) is 7.09. The monoisotopic (exact) mass is 333 g/mol. The fraction of sp³-hybridized carbons (Fsp3) is 0.188. The third-order valence-electron chi connectivity index (χ3n) is 3.14. The van der Waals surface area contributed by atoms with E-state index in [-0.39, 0.29) is 0 Å². The molecule has 2 aromatic carbocycles. The summed E-state index contributed by atoms with van der Waals surface area (Å²) in [6.45, 7) is 4.70. The minimum absolute atomic E-state index is 0.313. The van der Waals surface area contributed by atoms with Gasteiger partial charge in [0.05, 0.1) is 5.56 Å². The number of carboxylic acids is 1. The van der Waals surface area contributed by atoms with Gasteiger partial charge in [-0.25, -0.2) is 4.79 Å². The van der Waals surface area contributed by atoms with E-state index in [0.29, 0.717) is 12.1 Å². The molecular formula is C16H16BrNO2. The van der Waals surface area contributed by atoms with Gasteiger partial charge in [0.1, 0.15) is 0 Å². The van der Waals surface area contributed by atoms with Gasteiger partial charge < -0.3 is 10.4 Å². The summed E-state index contributed by atoms with van der Waals surface area (Å²) in [6, 6.07) is 11.1. The molecule has 0 heterocycles. The molecule has 4 heteroatoms. The van der Waals surface area contributed by atoms with E-state index >= 15 is 0 Å². The van der Waals surface area contributed by atoms with Gasteiger partial charge in [0.15, 0.2) is 0 Å². The number of anilines is 1. The van der Waals surface area contributed by atoms with Crippen LogP contribution in [0.3, 0.4) is 0 Å². The lowest BCUT2D eigenvalue weighted by atomic mass is 10.1. The molecule has 20 heavy (non-hydrogen) atoms. The maximum absolute atomic E-state index is 10.9. The third kappa shape index (κ3) is 3.39. The summed E-state index contributed by atoms with van der Waals surface area (Å²) >= 11 is 3.48. The van der Waals surface area contributed by atoms with Crippen LogP contribution in [-0.2, 0) is 6.54 Å². The fourth-order valence-electron chi connectivity index (χ4n) is 2.19. The Bertz CT molecular complexity index is 630. The van der Waals surface area contributed by atoms with Crippen LogP contribution in [0.15, 0.2) is 40.9 Å². The summed E-state index contributed by atoms with van der Waals surface area (Å²) in [5.74, 6) is -0.900. The van der Waals surface area contributed by atoms with Gasteiger partial charge in [-0.2, -0.15) is 0 Å². The number of carboxylic acid groups (broad SMARTS) is 1. The Labute approximate surface area is 126 Å². The molecule has 0 radical (unpaired) electrons. The molecule has 0 saturated heterocycles. The summed E-state index contributed by atoms with van der Waals surface area (Å²) in [7, 11) is 0. The molecule has 0 atom stereocenters. The highest BCUT2D eigenvalue weighted by molar-refractivity contribution is 9.10. The molecule has 2 rings (SSSR count). The van der Waals surface area contributed by atoms with E-state index in [2.05, 4.69) is 33.4 Å².